The maximum absolute atomic E-state index is 12.1. The molecule has 0 aromatic heterocycles. The molecule has 0 bridgehead atoms. The molecular weight excluding hydrogens is 330 g/mol. The van der Waals surface area contributed by atoms with Gasteiger partial charge in [0.15, 0.2) is 5.96 Å². The molecular formula is C17H28ClN3OS. The Kier molecular flexibility index (Phi) is 8.06. The van der Waals surface area contributed by atoms with Crippen LogP contribution in [0.1, 0.15) is 33.3 Å². The maximum Gasteiger partial charge on any atom is 0.193 e. The molecule has 0 aliphatic carbocycles. The van der Waals surface area contributed by atoms with E-state index < -0.39 is 10.8 Å². The van der Waals surface area contributed by atoms with E-state index >= 15 is 0 Å². The lowest BCUT2D eigenvalue weighted by atomic mass is 10.2. The summed E-state index contributed by atoms with van der Waals surface area (Å²) in [6.07, 6.45) is 0. The highest BCUT2D eigenvalue weighted by atomic mass is 35.5. The maximum atomic E-state index is 12.1. The van der Waals surface area contributed by atoms with Crippen molar-refractivity contribution in [3.63, 3.8) is 0 Å². The van der Waals surface area contributed by atoms with Gasteiger partial charge < -0.3 is 10.2 Å². The van der Waals surface area contributed by atoms with Crippen molar-refractivity contribution in [3.05, 3.63) is 34.9 Å². The topological polar surface area (TPSA) is 44.7 Å². The van der Waals surface area contributed by atoms with Gasteiger partial charge in [-0.05, 0) is 45.4 Å². The van der Waals surface area contributed by atoms with Crippen LogP contribution in [0.25, 0.3) is 0 Å². The Labute approximate surface area is 147 Å². The molecule has 6 heteroatoms. The van der Waals surface area contributed by atoms with Crippen LogP contribution in [-0.4, -0.2) is 45.7 Å². The van der Waals surface area contributed by atoms with Gasteiger partial charge in [0.25, 0.3) is 0 Å². The van der Waals surface area contributed by atoms with Crippen LogP contribution in [-0.2, 0) is 17.3 Å². The van der Waals surface area contributed by atoms with Gasteiger partial charge >= 0.3 is 0 Å². The first-order valence-corrected chi connectivity index (χ1v) is 9.56. The van der Waals surface area contributed by atoms with E-state index in [1.807, 2.05) is 59.0 Å². The summed E-state index contributed by atoms with van der Waals surface area (Å²) >= 11 is 6.03. The molecule has 0 saturated heterocycles. The van der Waals surface area contributed by atoms with Gasteiger partial charge in [-0.2, -0.15) is 0 Å². The zero-order valence-electron chi connectivity index (χ0n) is 14.7. The smallest absolute Gasteiger partial charge is 0.193 e. The standard InChI is InChI=1S/C17H28ClN3OS/c1-6-19-16(20-10-11-23(22)17(2,3)4)21(5)13-14-8-7-9-15(18)12-14/h7-9,12H,6,10-11,13H2,1-5H3,(H,19,20). The summed E-state index contributed by atoms with van der Waals surface area (Å²) in [6, 6.07) is 7.81. The van der Waals surface area contributed by atoms with Crippen LogP contribution in [0, 0.1) is 0 Å². The van der Waals surface area contributed by atoms with Crippen molar-refractivity contribution in [2.45, 2.75) is 39.0 Å². The third kappa shape index (κ3) is 7.36. The van der Waals surface area contributed by atoms with Crippen molar-refractivity contribution in [2.75, 3.05) is 25.9 Å². The Balaban J connectivity index is 2.68. The first-order valence-electron chi connectivity index (χ1n) is 7.86. The molecule has 1 atom stereocenters. The van der Waals surface area contributed by atoms with Crippen molar-refractivity contribution in [1.82, 2.24) is 10.2 Å². The molecule has 1 N–H and O–H groups in total. The van der Waals surface area contributed by atoms with E-state index in [0.29, 0.717) is 12.3 Å². The van der Waals surface area contributed by atoms with E-state index in [9.17, 15) is 4.21 Å². The molecule has 1 unspecified atom stereocenters. The second kappa shape index (κ2) is 9.28. The lowest BCUT2D eigenvalue weighted by Gasteiger charge is -2.22. The van der Waals surface area contributed by atoms with Gasteiger partial charge in [-0.3, -0.25) is 9.20 Å². The highest BCUT2D eigenvalue weighted by Crippen LogP contribution is 2.13. The average Bonchev–Trinajstić information content (AvgIpc) is 2.45. The lowest BCUT2D eigenvalue weighted by Crippen LogP contribution is -2.39. The monoisotopic (exact) mass is 357 g/mol. The molecule has 23 heavy (non-hydrogen) atoms. The van der Waals surface area contributed by atoms with Crippen molar-refractivity contribution in [1.29, 1.82) is 0 Å². The molecule has 0 aliphatic rings. The summed E-state index contributed by atoms with van der Waals surface area (Å²) in [6.45, 7) is 10.1. The number of benzene rings is 1. The summed E-state index contributed by atoms with van der Waals surface area (Å²) < 4.78 is 11.9. The van der Waals surface area contributed by atoms with Crippen molar-refractivity contribution in [2.24, 2.45) is 4.99 Å². The zero-order chi connectivity index (χ0) is 17.5. The fourth-order valence-corrected chi connectivity index (χ4v) is 3.08. The van der Waals surface area contributed by atoms with Gasteiger partial charge in [0.05, 0.1) is 6.54 Å². The van der Waals surface area contributed by atoms with Gasteiger partial charge in [-0.1, -0.05) is 23.7 Å². The molecule has 0 amide bonds. The van der Waals surface area contributed by atoms with Crippen molar-refractivity contribution < 1.29 is 4.21 Å². The van der Waals surface area contributed by atoms with Gasteiger partial charge in [0.2, 0.25) is 0 Å². The average molecular weight is 358 g/mol. The molecule has 0 aliphatic heterocycles. The number of guanidine groups is 1. The molecule has 0 saturated carbocycles. The van der Waals surface area contributed by atoms with E-state index in [1.165, 1.54) is 0 Å². The van der Waals surface area contributed by atoms with Crippen LogP contribution in [0.15, 0.2) is 29.3 Å². The van der Waals surface area contributed by atoms with Gasteiger partial charge in [0, 0.05) is 46.5 Å². The van der Waals surface area contributed by atoms with Gasteiger partial charge in [-0.25, -0.2) is 0 Å². The molecule has 0 spiro atoms. The fourth-order valence-electron chi connectivity index (χ4n) is 1.99. The predicted molar refractivity (Wildman–Crippen MR) is 102 cm³/mol. The van der Waals surface area contributed by atoms with Crippen molar-refractivity contribution in [3.8, 4) is 0 Å². The molecule has 1 aromatic rings. The first kappa shape index (κ1) is 20.0. The fraction of sp³-hybridized carbons (Fsp3) is 0.588. The van der Waals surface area contributed by atoms with Crippen LogP contribution >= 0.6 is 11.6 Å². The summed E-state index contributed by atoms with van der Waals surface area (Å²) in [5.41, 5.74) is 1.13. The molecule has 0 radical (unpaired) electrons. The van der Waals surface area contributed by atoms with Crippen LogP contribution in [0.2, 0.25) is 5.02 Å². The molecule has 1 aromatic carbocycles. The SMILES string of the molecule is CCNC(=NCCS(=O)C(C)(C)C)N(C)Cc1cccc(Cl)c1. The van der Waals surface area contributed by atoms with Crippen molar-refractivity contribution >= 4 is 28.4 Å². The minimum Gasteiger partial charge on any atom is -0.357 e. The van der Waals surface area contributed by atoms with Gasteiger partial charge in [-0.15, -0.1) is 0 Å². The number of halogens is 1. The normalized spacial score (nSPS) is 13.7. The Morgan fingerprint density at radius 1 is 1.39 bits per heavy atom. The molecule has 4 nitrogen and oxygen atoms in total. The minimum absolute atomic E-state index is 0.194. The third-order valence-electron chi connectivity index (χ3n) is 3.23. The Hall–Kier alpha value is -1.07. The number of nitrogens with one attached hydrogen (secondary N) is 1. The number of aliphatic imine (C=N–C) groups is 1. The Bertz CT molecular complexity index is 555. The second-order valence-corrected chi connectivity index (χ2v) is 9.14. The van der Waals surface area contributed by atoms with Crippen LogP contribution in [0.3, 0.4) is 0 Å². The van der Waals surface area contributed by atoms with E-state index in [1.54, 1.807) is 0 Å². The Morgan fingerprint density at radius 3 is 2.65 bits per heavy atom. The summed E-state index contributed by atoms with van der Waals surface area (Å²) in [7, 11) is 1.11. The number of nitrogens with zero attached hydrogens (tertiary/aromatic N) is 2. The molecule has 1 rings (SSSR count). The molecule has 0 fully saturated rings. The summed E-state index contributed by atoms with van der Waals surface area (Å²) in [4.78, 5) is 6.64. The van der Waals surface area contributed by atoms with E-state index in [0.717, 1.165) is 29.6 Å². The van der Waals surface area contributed by atoms with E-state index in [2.05, 4.69) is 15.2 Å². The number of hydrogen-bond acceptors (Lipinski definition) is 2. The Morgan fingerprint density at radius 2 is 2.09 bits per heavy atom. The molecule has 0 heterocycles. The lowest BCUT2D eigenvalue weighted by molar-refractivity contribution is 0.477. The zero-order valence-corrected chi connectivity index (χ0v) is 16.3. The number of rotatable bonds is 6. The van der Waals surface area contributed by atoms with E-state index in [4.69, 9.17) is 11.6 Å². The largest absolute Gasteiger partial charge is 0.357 e. The van der Waals surface area contributed by atoms with Crippen LogP contribution in [0.5, 0.6) is 0 Å². The summed E-state index contributed by atoms with van der Waals surface area (Å²) in [5.74, 6) is 1.39. The molecule has 130 valence electrons. The summed E-state index contributed by atoms with van der Waals surface area (Å²) in [5, 5.41) is 4.01. The van der Waals surface area contributed by atoms with Gasteiger partial charge in [0.1, 0.15) is 0 Å². The third-order valence-corrected chi connectivity index (χ3v) is 5.38. The quantitative estimate of drug-likeness (QED) is 0.627. The second-order valence-electron chi connectivity index (χ2n) is 6.38. The van der Waals surface area contributed by atoms with E-state index in [-0.39, 0.29) is 4.75 Å². The highest BCUT2D eigenvalue weighted by Gasteiger charge is 2.18. The highest BCUT2D eigenvalue weighted by molar-refractivity contribution is 7.86. The number of hydrogen-bond donors (Lipinski definition) is 1. The first-order chi connectivity index (χ1) is 10.7. The van der Waals surface area contributed by atoms with Crippen LogP contribution < -0.4 is 5.32 Å². The minimum atomic E-state index is -0.883. The predicted octanol–water partition coefficient (Wildman–Crippen LogP) is 3.28. The van der Waals surface area contributed by atoms with Crippen LogP contribution in [0.4, 0.5) is 0 Å².